The lowest BCUT2D eigenvalue weighted by atomic mass is 10.1. The van der Waals surface area contributed by atoms with Crippen molar-refractivity contribution < 1.29 is 27.8 Å². The Bertz CT molecular complexity index is 1130. The largest absolute Gasteiger partial charge is 0.465 e. The summed E-state index contributed by atoms with van der Waals surface area (Å²) in [6.07, 6.45) is -1.26. The Balaban J connectivity index is 2.34. The van der Waals surface area contributed by atoms with Gasteiger partial charge < -0.3 is 15.5 Å². The molecule has 1 aromatic heterocycles. The molecule has 0 aliphatic heterocycles. The molecule has 1 atom stereocenters. The molecule has 0 radical (unpaired) electrons. The van der Waals surface area contributed by atoms with E-state index in [0.29, 0.717) is 22.5 Å². The van der Waals surface area contributed by atoms with Crippen LogP contribution in [0.3, 0.4) is 0 Å². The summed E-state index contributed by atoms with van der Waals surface area (Å²) in [5.74, 6) is -0.565. The molecule has 1 unspecified atom stereocenters. The van der Waals surface area contributed by atoms with Crippen molar-refractivity contribution in [1.82, 2.24) is 19.4 Å². The van der Waals surface area contributed by atoms with Gasteiger partial charge in [0.05, 0.1) is 29.1 Å². The fraction of sp³-hybridized carbons (Fsp3) is 0.400. The van der Waals surface area contributed by atoms with Crippen molar-refractivity contribution in [1.29, 1.82) is 0 Å². The molecular formula is C20H26ClFN4O5S. The molecule has 0 aliphatic carbocycles. The van der Waals surface area contributed by atoms with Gasteiger partial charge in [0, 0.05) is 32.6 Å². The Labute approximate surface area is 191 Å². The lowest BCUT2D eigenvalue weighted by molar-refractivity contribution is 0.186. The Morgan fingerprint density at radius 1 is 1.41 bits per heavy atom. The maximum Gasteiger partial charge on any atom is 0.404 e. The molecule has 9 nitrogen and oxygen atoms in total. The molecule has 0 aliphatic rings. The number of halogens is 2. The Morgan fingerprint density at radius 2 is 2.06 bits per heavy atom. The van der Waals surface area contributed by atoms with Crippen LogP contribution < -0.4 is 5.32 Å². The number of carboxylic acid groups (broad SMARTS) is 1. The van der Waals surface area contributed by atoms with Crippen molar-refractivity contribution in [3.63, 3.8) is 0 Å². The van der Waals surface area contributed by atoms with Crippen LogP contribution in [-0.2, 0) is 23.0 Å². The number of benzene rings is 1. The van der Waals surface area contributed by atoms with Gasteiger partial charge in [-0.15, -0.1) is 0 Å². The van der Waals surface area contributed by atoms with Gasteiger partial charge in [-0.3, -0.25) is 4.68 Å². The molecule has 176 valence electrons. The minimum Gasteiger partial charge on any atom is -0.465 e. The number of hydrogen-bond acceptors (Lipinski definition) is 5. The highest BCUT2D eigenvalue weighted by molar-refractivity contribution is 7.89. The first-order valence-electron chi connectivity index (χ1n) is 9.61. The van der Waals surface area contributed by atoms with E-state index in [1.54, 1.807) is 13.0 Å². The van der Waals surface area contributed by atoms with Crippen LogP contribution in [0.2, 0.25) is 5.02 Å². The van der Waals surface area contributed by atoms with Crippen LogP contribution in [-0.4, -0.2) is 59.4 Å². The summed E-state index contributed by atoms with van der Waals surface area (Å²) in [7, 11) is -0.878. The third-order valence-electron chi connectivity index (χ3n) is 4.70. The molecule has 3 N–H and O–H groups in total. The number of nitrogens with zero attached hydrogens (tertiary/aromatic N) is 3. The maximum absolute atomic E-state index is 14.3. The number of carbonyl (C=O) groups is 1. The van der Waals surface area contributed by atoms with Crippen molar-refractivity contribution >= 4 is 27.7 Å². The quantitative estimate of drug-likeness (QED) is 0.498. The molecule has 0 saturated carbocycles. The molecule has 12 heteroatoms. The fourth-order valence-corrected chi connectivity index (χ4v) is 4.59. The molecule has 1 amide bonds. The van der Waals surface area contributed by atoms with Crippen LogP contribution >= 0.6 is 11.6 Å². The van der Waals surface area contributed by atoms with Crippen molar-refractivity contribution in [2.45, 2.75) is 37.8 Å². The molecule has 0 bridgehead atoms. The second kappa shape index (κ2) is 10.4. The van der Waals surface area contributed by atoms with Crippen LogP contribution in [0.25, 0.3) is 0 Å². The predicted octanol–water partition coefficient (Wildman–Crippen LogP) is 2.86. The SMILES string of the molecule is Cc1nn(Cc2ccc(S(=O)(=O)N(C)C)c(Cl)c2)c(C(C)O)c1C/C(F)=C/CNC(=O)O. The first kappa shape index (κ1) is 25.8. The van der Waals surface area contributed by atoms with Crippen LogP contribution in [0.1, 0.15) is 35.5 Å². The van der Waals surface area contributed by atoms with Gasteiger partial charge >= 0.3 is 6.09 Å². The lowest BCUT2D eigenvalue weighted by Crippen LogP contribution is -2.22. The van der Waals surface area contributed by atoms with E-state index < -0.39 is 28.0 Å². The molecule has 2 rings (SSSR count). The molecule has 0 spiro atoms. The number of aryl methyl sites for hydroxylation is 1. The first-order valence-corrected chi connectivity index (χ1v) is 11.4. The number of rotatable bonds is 9. The van der Waals surface area contributed by atoms with Crippen molar-refractivity contribution in [3.8, 4) is 0 Å². The van der Waals surface area contributed by atoms with Gasteiger partial charge in [-0.25, -0.2) is 21.9 Å². The molecule has 1 heterocycles. The van der Waals surface area contributed by atoms with Gasteiger partial charge in [-0.2, -0.15) is 5.10 Å². The van der Waals surface area contributed by atoms with Gasteiger partial charge in [0.25, 0.3) is 0 Å². The van der Waals surface area contributed by atoms with Gasteiger partial charge in [-0.05, 0) is 37.6 Å². The predicted molar refractivity (Wildman–Crippen MR) is 118 cm³/mol. The van der Waals surface area contributed by atoms with E-state index in [2.05, 4.69) is 10.4 Å². The number of allylic oxidation sites excluding steroid dienone is 1. The van der Waals surface area contributed by atoms with Gasteiger partial charge in [-0.1, -0.05) is 17.7 Å². The number of aromatic nitrogens is 2. The van der Waals surface area contributed by atoms with Crippen molar-refractivity contribution in [3.05, 3.63) is 57.6 Å². The van der Waals surface area contributed by atoms with Gasteiger partial charge in [0.2, 0.25) is 10.0 Å². The summed E-state index contributed by atoms with van der Waals surface area (Å²) < 4.78 is 41.6. The van der Waals surface area contributed by atoms with E-state index in [4.69, 9.17) is 16.7 Å². The second-order valence-electron chi connectivity index (χ2n) is 7.35. The van der Waals surface area contributed by atoms with Crippen molar-refractivity contribution in [2.24, 2.45) is 0 Å². The van der Waals surface area contributed by atoms with Gasteiger partial charge in [0.15, 0.2) is 0 Å². The minimum atomic E-state index is -3.70. The number of amides is 1. The van der Waals surface area contributed by atoms with E-state index in [-0.39, 0.29) is 29.4 Å². The Morgan fingerprint density at radius 3 is 2.59 bits per heavy atom. The van der Waals surface area contributed by atoms with Gasteiger partial charge in [0.1, 0.15) is 10.7 Å². The van der Waals surface area contributed by atoms with E-state index in [1.807, 2.05) is 0 Å². The highest BCUT2D eigenvalue weighted by Gasteiger charge is 2.23. The standard InChI is InChI=1S/C20H26ClFN4O5S/c1-12-16(10-15(22)7-8-23-20(28)29)19(13(2)27)26(24-12)11-14-5-6-18(17(21)9-14)32(30,31)25(3)4/h5-7,9,13,23,27H,8,10-11H2,1-4H3,(H,28,29)/b15-7-. The fourth-order valence-electron chi connectivity index (χ4n) is 3.15. The number of hydrogen-bond donors (Lipinski definition) is 3. The molecule has 0 fully saturated rings. The van der Waals surface area contributed by atoms with Crippen molar-refractivity contribution in [2.75, 3.05) is 20.6 Å². The average Bonchev–Trinajstić information content (AvgIpc) is 2.96. The van der Waals surface area contributed by atoms with Crippen LogP contribution in [0.4, 0.5) is 9.18 Å². The number of sulfonamides is 1. The minimum absolute atomic E-state index is 0.0248. The third-order valence-corrected chi connectivity index (χ3v) is 7.00. The summed E-state index contributed by atoms with van der Waals surface area (Å²) in [5.41, 5.74) is 2.04. The molecule has 32 heavy (non-hydrogen) atoms. The normalized spacial score (nSPS) is 13.4. The summed E-state index contributed by atoms with van der Waals surface area (Å²) >= 11 is 6.21. The molecule has 1 aromatic carbocycles. The number of aliphatic hydroxyl groups excluding tert-OH is 1. The summed E-state index contributed by atoms with van der Waals surface area (Å²) in [6.45, 7) is 3.21. The Kier molecular flexibility index (Phi) is 8.41. The van der Waals surface area contributed by atoms with E-state index in [1.165, 1.54) is 37.8 Å². The van der Waals surface area contributed by atoms with Crippen LogP contribution in [0.15, 0.2) is 35.0 Å². The van der Waals surface area contributed by atoms with E-state index in [0.717, 1.165) is 10.4 Å². The molecule has 2 aromatic rings. The number of nitrogens with one attached hydrogen (secondary N) is 1. The molecule has 0 saturated heterocycles. The monoisotopic (exact) mass is 488 g/mol. The zero-order valence-corrected chi connectivity index (χ0v) is 19.7. The number of aliphatic hydroxyl groups is 1. The molecular weight excluding hydrogens is 463 g/mol. The van der Waals surface area contributed by atoms with E-state index in [9.17, 15) is 22.7 Å². The zero-order chi connectivity index (χ0) is 24.2. The van der Waals surface area contributed by atoms with E-state index >= 15 is 0 Å². The maximum atomic E-state index is 14.3. The highest BCUT2D eigenvalue weighted by Crippen LogP contribution is 2.28. The van der Waals surface area contributed by atoms with Crippen LogP contribution in [0.5, 0.6) is 0 Å². The smallest absolute Gasteiger partial charge is 0.404 e. The summed E-state index contributed by atoms with van der Waals surface area (Å²) in [4.78, 5) is 10.5. The average molecular weight is 489 g/mol. The second-order valence-corrected chi connectivity index (χ2v) is 9.88. The zero-order valence-electron chi connectivity index (χ0n) is 18.1. The first-order chi connectivity index (χ1) is 14.8. The summed E-state index contributed by atoms with van der Waals surface area (Å²) in [5, 5.41) is 25.4. The Hall–Kier alpha value is -2.47. The lowest BCUT2D eigenvalue weighted by Gasteiger charge is -2.15. The van der Waals surface area contributed by atoms with Crippen LogP contribution in [0, 0.1) is 6.92 Å². The summed E-state index contributed by atoms with van der Waals surface area (Å²) in [6, 6.07) is 4.52. The topological polar surface area (TPSA) is 125 Å². The highest BCUT2D eigenvalue weighted by atomic mass is 35.5. The third kappa shape index (κ3) is 6.06.